The summed E-state index contributed by atoms with van der Waals surface area (Å²) in [4.78, 5) is 15.9. The molecule has 1 unspecified atom stereocenters. The van der Waals surface area contributed by atoms with Crippen LogP contribution in [0, 0.1) is 5.92 Å². The van der Waals surface area contributed by atoms with Gasteiger partial charge in [0, 0.05) is 18.7 Å². The van der Waals surface area contributed by atoms with Crippen LogP contribution in [0.4, 0.5) is 5.82 Å². The Labute approximate surface area is 88.4 Å². The summed E-state index contributed by atoms with van der Waals surface area (Å²) in [6.07, 6.45) is 3.41. The van der Waals surface area contributed by atoms with E-state index in [9.17, 15) is 4.79 Å². The van der Waals surface area contributed by atoms with Crippen LogP contribution in [0.1, 0.15) is 23.2 Å². The first-order chi connectivity index (χ1) is 7.29. The molecule has 0 aliphatic carbocycles. The zero-order valence-corrected chi connectivity index (χ0v) is 8.48. The highest BCUT2D eigenvalue weighted by molar-refractivity contribution is 6.01. The molecule has 0 saturated carbocycles. The third kappa shape index (κ3) is 2.15. The van der Waals surface area contributed by atoms with Crippen molar-refractivity contribution in [2.24, 2.45) is 5.92 Å². The Hall–Kier alpha value is -1.42. The molecule has 0 aromatic carbocycles. The van der Waals surface area contributed by atoms with Gasteiger partial charge in [0.25, 0.3) is 0 Å². The Kier molecular flexibility index (Phi) is 2.97. The summed E-state index contributed by atoms with van der Waals surface area (Å²) in [6.45, 7) is 1.26. The van der Waals surface area contributed by atoms with Crippen LogP contribution in [0.3, 0.4) is 0 Å². The Balaban J connectivity index is 2.16. The number of hydrogen-bond acceptors (Lipinski definition) is 4. The van der Waals surface area contributed by atoms with Gasteiger partial charge >= 0.3 is 0 Å². The van der Waals surface area contributed by atoms with Crippen LogP contribution in [0.15, 0.2) is 18.3 Å². The summed E-state index contributed by atoms with van der Waals surface area (Å²) in [5.41, 5.74) is 6.18. The van der Waals surface area contributed by atoms with Crippen LogP contribution >= 0.6 is 0 Å². The summed E-state index contributed by atoms with van der Waals surface area (Å²) < 4.78 is 5.28. The summed E-state index contributed by atoms with van der Waals surface area (Å²) in [6, 6.07) is 3.45. The molecule has 0 bridgehead atoms. The first-order valence-electron chi connectivity index (χ1n) is 5.11. The number of ether oxygens (including phenoxy) is 1. The average molecular weight is 206 g/mol. The molecule has 2 heterocycles. The molecule has 1 aromatic heterocycles. The maximum Gasteiger partial charge on any atom is 0.171 e. The lowest BCUT2D eigenvalue weighted by Crippen LogP contribution is -2.26. The van der Waals surface area contributed by atoms with Crippen molar-refractivity contribution >= 4 is 11.6 Å². The maximum absolute atomic E-state index is 12.0. The van der Waals surface area contributed by atoms with Gasteiger partial charge in [0.15, 0.2) is 5.78 Å². The van der Waals surface area contributed by atoms with Crippen molar-refractivity contribution in [2.45, 2.75) is 12.8 Å². The summed E-state index contributed by atoms with van der Waals surface area (Å²) >= 11 is 0. The number of aromatic nitrogens is 1. The number of ketones is 1. The topological polar surface area (TPSA) is 65.2 Å². The highest BCUT2D eigenvalue weighted by Gasteiger charge is 2.24. The van der Waals surface area contributed by atoms with Gasteiger partial charge in [-0.15, -0.1) is 0 Å². The van der Waals surface area contributed by atoms with E-state index in [4.69, 9.17) is 10.5 Å². The normalized spacial score (nSPS) is 21.2. The Morgan fingerprint density at radius 2 is 2.47 bits per heavy atom. The zero-order chi connectivity index (χ0) is 10.7. The number of pyridine rings is 1. The summed E-state index contributed by atoms with van der Waals surface area (Å²) in [7, 11) is 0. The molecular formula is C11H14N2O2. The minimum Gasteiger partial charge on any atom is -0.383 e. The van der Waals surface area contributed by atoms with Gasteiger partial charge in [-0.05, 0) is 25.0 Å². The Morgan fingerprint density at radius 3 is 3.13 bits per heavy atom. The van der Waals surface area contributed by atoms with E-state index in [1.54, 1.807) is 18.3 Å². The standard InChI is InChI=1S/C11H14N2O2/c12-11-9(4-1-5-13-11)10(14)8-3-2-6-15-7-8/h1,4-5,8H,2-3,6-7H2,(H2,12,13). The van der Waals surface area contributed by atoms with E-state index in [1.165, 1.54) is 0 Å². The molecule has 2 rings (SSSR count). The van der Waals surface area contributed by atoms with Crippen LogP contribution < -0.4 is 5.73 Å². The predicted octanol–water partition coefficient (Wildman–Crippen LogP) is 1.27. The molecule has 80 valence electrons. The van der Waals surface area contributed by atoms with Crippen molar-refractivity contribution in [2.75, 3.05) is 18.9 Å². The molecule has 1 aliphatic heterocycles. The van der Waals surface area contributed by atoms with Gasteiger partial charge in [0.1, 0.15) is 5.82 Å². The zero-order valence-electron chi connectivity index (χ0n) is 8.48. The van der Waals surface area contributed by atoms with E-state index in [0.717, 1.165) is 19.4 Å². The lowest BCUT2D eigenvalue weighted by molar-refractivity contribution is 0.0462. The fourth-order valence-corrected chi connectivity index (χ4v) is 1.79. The Bertz CT molecular complexity index is 359. The second kappa shape index (κ2) is 4.40. The molecule has 0 spiro atoms. The average Bonchev–Trinajstić information content (AvgIpc) is 2.30. The van der Waals surface area contributed by atoms with Gasteiger partial charge in [-0.3, -0.25) is 4.79 Å². The minimum atomic E-state index is -0.0507. The number of anilines is 1. The molecule has 1 fully saturated rings. The maximum atomic E-state index is 12.0. The minimum absolute atomic E-state index is 0.0507. The van der Waals surface area contributed by atoms with Crippen LogP contribution in [-0.4, -0.2) is 24.0 Å². The van der Waals surface area contributed by atoms with Gasteiger partial charge < -0.3 is 10.5 Å². The fourth-order valence-electron chi connectivity index (χ4n) is 1.79. The molecule has 1 atom stereocenters. The van der Waals surface area contributed by atoms with E-state index in [-0.39, 0.29) is 11.7 Å². The van der Waals surface area contributed by atoms with Crippen LogP contribution in [-0.2, 0) is 4.74 Å². The van der Waals surface area contributed by atoms with Crippen LogP contribution in [0.2, 0.25) is 0 Å². The van der Waals surface area contributed by atoms with Gasteiger partial charge in [-0.1, -0.05) is 0 Å². The monoisotopic (exact) mass is 206 g/mol. The van der Waals surface area contributed by atoms with E-state index in [1.807, 2.05) is 0 Å². The van der Waals surface area contributed by atoms with Crippen molar-refractivity contribution in [3.8, 4) is 0 Å². The van der Waals surface area contributed by atoms with E-state index < -0.39 is 0 Å². The van der Waals surface area contributed by atoms with E-state index >= 15 is 0 Å². The van der Waals surface area contributed by atoms with Crippen molar-refractivity contribution in [1.82, 2.24) is 4.98 Å². The lowest BCUT2D eigenvalue weighted by atomic mass is 9.93. The van der Waals surface area contributed by atoms with Crippen molar-refractivity contribution in [1.29, 1.82) is 0 Å². The number of carbonyl (C=O) groups is 1. The first kappa shape index (κ1) is 10.1. The van der Waals surface area contributed by atoms with Crippen LogP contribution in [0.25, 0.3) is 0 Å². The highest BCUT2D eigenvalue weighted by atomic mass is 16.5. The molecule has 0 amide bonds. The van der Waals surface area contributed by atoms with E-state index in [0.29, 0.717) is 18.0 Å². The smallest absolute Gasteiger partial charge is 0.171 e. The number of nitrogen functional groups attached to an aromatic ring is 1. The SMILES string of the molecule is Nc1ncccc1C(=O)C1CCCOC1. The summed E-state index contributed by atoms with van der Waals surface area (Å²) in [5.74, 6) is 0.318. The number of Topliss-reactive ketones (excluding diaryl/α,β-unsaturated/α-hetero) is 1. The molecule has 4 heteroatoms. The number of nitrogens with two attached hydrogens (primary N) is 1. The highest BCUT2D eigenvalue weighted by Crippen LogP contribution is 2.20. The van der Waals surface area contributed by atoms with Crippen molar-refractivity contribution in [3.05, 3.63) is 23.9 Å². The number of hydrogen-bond donors (Lipinski definition) is 1. The number of rotatable bonds is 2. The lowest BCUT2D eigenvalue weighted by Gasteiger charge is -2.21. The summed E-state index contributed by atoms with van der Waals surface area (Å²) in [5, 5.41) is 0. The number of nitrogens with zero attached hydrogens (tertiary/aromatic N) is 1. The molecule has 2 N–H and O–H groups in total. The van der Waals surface area contributed by atoms with Crippen LogP contribution in [0.5, 0.6) is 0 Å². The van der Waals surface area contributed by atoms with Gasteiger partial charge in [0.05, 0.1) is 12.2 Å². The quantitative estimate of drug-likeness (QED) is 0.740. The fraction of sp³-hybridized carbons (Fsp3) is 0.455. The third-order valence-electron chi connectivity index (χ3n) is 2.64. The molecule has 4 nitrogen and oxygen atoms in total. The predicted molar refractivity (Wildman–Crippen MR) is 56.5 cm³/mol. The van der Waals surface area contributed by atoms with E-state index in [2.05, 4.69) is 4.98 Å². The van der Waals surface area contributed by atoms with Gasteiger partial charge in [0.2, 0.25) is 0 Å². The Morgan fingerprint density at radius 1 is 1.60 bits per heavy atom. The molecule has 1 saturated heterocycles. The first-order valence-corrected chi connectivity index (χ1v) is 5.11. The molecule has 15 heavy (non-hydrogen) atoms. The largest absolute Gasteiger partial charge is 0.383 e. The molecule has 1 aromatic rings. The number of carbonyl (C=O) groups excluding carboxylic acids is 1. The molecule has 0 radical (unpaired) electrons. The third-order valence-corrected chi connectivity index (χ3v) is 2.64. The molecular weight excluding hydrogens is 192 g/mol. The molecule has 1 aliphatic rings. The van der Waals surface area contributed by atoms with Crippen molar-refractivity contribution in [3.63, 3.8) is 0 Å². The van der Waals surface area contributed by atoms with Gasteiger partial charge in [-0.25, -0.2) is 4.98 Å². The second-order valence-corrected chi connectivity index (χ2v) is 3.71. The van der Waals surface area contributed by atoms with Crippen molar-refractivity contribution < 1.29 is 9.53 Å². The van der Waals surface area contributed by atoms with Gasteiger partial charge in [-0.2, -0.15) is 0 Å². The second-order valence-electron chi connectivity index (χ2n) is 3.71.